The molecule has 219 valence electrons. The molecule has 2 unspecified atom stereocenters. The zero-order valence-electron chi connectivity index (χ0n) is 23.8. The fourth-order valence-electron chi connectivity index (χ4n) is 3.19. The summed E-state index contributed by atoms with van der Waals surface area (Å²) in [5.41, 5.74) is 8.01. The molecular formula is C26H51NO9P. The third kappa shape index (κ3) is 20.3. The van der Waals surface area contributed by atoms with Gasteiger partial charge in [0, 0.05) is 11.8 Å². The van der Waals surface area contributed by atoms with E-state index in [-0.39, 0.29) is 13.2 Å². The van der Waals surface area contributed by atoms with Gasteiger partial charge in [0.25, 0.3) is 0 Å². The molecule has 0 rings (SSSR count). The Morgan fingerprint density at radius 2 is 0.946 bits per heavy atom. The minimum Gasteiger partial charge on any atom is -0.434 e. The van der Waals surface area contributed by atoms with Crippen molar-refractivity contribution >= 4 is 20.1 Å². The first-order valence-corrected chi connectivity index (χ1v) is 15.4. The predicted molar refractivity (Wildman–Crippen MR) is 142 cm³/mol. The number of rotatable bonds is 22. The van der Waals surface area contributed by atoms with Crippen LogP contribution in [0.25, 0.3) is 0 Å². The molecule has 1 N–H and O–H groups in total. The summed E-state index contributed by atoms with van der Waals surface area (Å²) in [7, 11) is -4.54. The number of carbonyl (C=O) groups excluding carboxylic acids is 2. The second-order valence-electron chi connectivity index (χ2n) is 9.90. The zero-order chi connectivity index (χ0) is 28.1. The van der Waals surface area contributed by atoms with Gasteiger partial charge in [-0.15, -0.1) is 5.50 Å². The Balaban J connectivity index is 4.58. The van der Waals surface area contributed by atoms with Crippen molar-refractivity contribution in [1.29, 1.82) is 0 Å². The second kappa shape index (κ2) is 21.6. The predicted octanol–water partition coefficient (Wildman–Crippen LogP) is 8.40. The van der Waals surface area contributed by atoms with Gasteiger partial charge < -0.3 is 18.9 Å². The van der Waals surface area contributed by atoms with Gasteiger partial charge in [-0.3, -0.25) is 9.05 Å². The lowest BCUT2D eigenvalue weighted by Crippen LogP contribution is -2.30. The summed E-state index contributed by atoms with van der Waals surface area (Å²) >= 11 is 0. The Bertz CT molecular complexity index is 596. The molecule has 0 aromatic carbocycles. The zero-order valence-corrected chi connectivity index (χ0v) is 24.7. The molecule has 0 aromatic rings. The summed E-state index contributed by atoms with van der Waals surface area (Å²) in [6, 6.07) is 0. The first-order valence-electron chi connectivity index (χ1n) is 13.9. The van der Waals surface area contributed by atoms with E-state index in [1.165, 1.54) is 12.8 Å². The Hall–Kier alpha value is -1.35. The van der Waals surface area contributed by atoms with Crippen LogP contribution in [0, 0.1) is 11.8 Å². The molecule has 0 amide bonds. The molecule has 0 aliphatic carbocycles. The van der Waals surface area contributed by atoms with Crippen LogP contribution in [0.2, 0.25) is 0 Å². The van der Waals surface area contributed by atoms with Crippen LogP contribution in [-0.2, 0) is 32.6 Å². The number of nitrogens with one attached hydrogen (secondary N) is 1. The van der Waals surface area contributed by atoms with E-state index in [1.807, 2.05) is 0 Å². The van der Waals surface area contributed by atoms with Crippen LogP contribution in [0.4, 0.5) is 9.59 Å². The first-order chi connectivity index (χ1) is 17.5. The summed E-state index contributed by atoms with van der Waals surface area (Å²) in [5, 5.41) is 0. The fourth-order valence-corrected chi connectivity index (χ4v) is 4.36. The summed E-state index contributed by atoms with van der Waals surface area (Å²) in [5.74, 6) is -0.880. The van der Waals surface area contributed by atoms with Gasteiger partial charge in [-0.2, -0.15) is 0 Å². The molecule has 0 heterocycles. The van der Waals surface area contributed by atoms with Crippen LogP contribution >= 0.6 is 7.75 Å². The molecule has 2 atom stereocenters. The van der Waals surface area contributed by atoms with Crippen molar-refractivity contribution < 1.29 is 42.1 Å². The number of unbranched alkanes of at least 4 members (excludes halogenated alkanes) is 10. The average molecular weight is 553 g/mol. The quantitative estimate of drug-likeness (QED) is 0.0562. The largest absolute Gasteiger partial charge is 0.510 e. The first kappa shape index (κ1) is 35.6. The van der Waals surface area contributed by atoms with E-state index < -0.39 is 44.5 Å². The van der Waals surface area contributed by atoms with Crippen LogP contribution in [0.3, 0.4) is 0 Å². The molecule has 0 aliphatic heterocycles. The lowest BCUT2D eigenvalue weighted by atomic mass is 10.1. The molecule has 0 saturated heterocycles. The molecule has 0 spiro atoms. The molecule has 1 radical (unpaired) electrons. The van der Waals surface area contributed by atoms with Crippen molar-refractivity contribution in [3.8, 4) is 0 Å². The van der Waals surface area contributed by atoms with Crippen LogP contribution in [0.1, 0.15) is 119 Å². The average Bonchev–Trinajstić information content (AvgIpc) is 2.81. The van der Waals surface area contributed by atoms with Crippen molar-refractivity contribution in [3.05, 3.63) is 0 Å². The minimum absolute atomic E-state index is 0.203. The maximum atomic E-state index is 12.7. The van der Waals surface area contributed by atoms with Crippen LogP contribution in [0.5, 0.6) is 0 Å². The molecule has 10 nitrogen and oxygen atoms in total. The Labute approximate surface area is 224 Å². The third-order valence-corrected chi connectivity index (χ3v) is 6.41. The molecule has 11 heteroatoms. The maximum Gasteiger partial charge on any atom is 0.510 e. The van der Waals surface area contributed by atoms with E-state index in [0.29, 0.717) is 12.8 Å². The summed E-state index contributed by atoms with van der Waals surface area (Å²) in [6.07, 6.45) is 7.88. The van der Waals surface area contributed by atoms with Gasteiger partial charge in [-0.05, 0) is 12.8 Å². The van der Waals surface area contributed by atoms with Crippen molar-refractivity contribution in [2.75, 3.05) is 13.2 Å². The lowest BCUT2D eigenvalue weighted by Gasteiger charge is -2.27. The smallest absolute Gasteiger partial charge is 0.434 e. The summed E-state index contributed by atoms with van der Waals surface area (Å²) in [6.45, 7) is 11.4. The standard InChI is InChI=1S/C26H51NO9P/c1-7-9-11-13-15-17-19-31-25(28)33-23(21(3)4)35-37(27,30)36-24(22(5)6)34-26(29)32-20-18-16-14-12-10-8-2/h21-24,27H,7-20H2,1-6H3. The molecule has 37 heavy (non-hydrogen) atoms. The van der Waals surface area contributed by atoms with Crippen molar-refractivity contribution in [3.63, 3.8) is 0 Å². The molecule has 0 bridgehead atoms. The Morgan fingerprint density at radius 1 is 0.622 bits per heavy atom. The number of hydrogen-bond acceptors (Lipinski definition) is 9. The second-order valence-corrected chi connectivity index (χ2v) is 11.3. The van der Waals surface area contributed by atoms with Gasteiger partial charge in [-0.25, -0.2) is 14.2 Å². The van der Waals surface area contributed by atoms with E-state index in [0.717, 1.165) is 51.4 Å². The molecule has 0 saturated carbocycles. The van der Waals surface area contributed by atoms with E-state index in [4.69, 9.17) is 33.5 Å². The van der Waals surface area contributed by atoms with Crippen molar-refractivity contribution in [2.45, 2.75) is 131 Å². The van der Waals surface area contributed by atoms with Crippen LogP contribution < -0.4 is 5.50 Å². The normalized spacial score (nSPS) is 14.7. The van der Waals surface area contributed by atoms with Gasteiger partial charge >= 0.3 is 20.1 Å². The van der Waals surface area contributed by atoms with Gasteiger partial charge in [-0.1, -0.05) is 106 Å². The highest BCUT2D eigenvalue weighted by Crippen LogP contribution is 2.47. The summed E-state index contributed by atoms with van der Waals surface area (Å²) in [4.78, 5) is 24.1. The monoisotopic (exact) mass is 552 g/mol. The Morgan fingerprint density at radius 3 is 1.27 bits per heavy atom. The van der Waals surface area contributed by atoms with Crippen molar-refractivity contribution in [1.82, 2.24) is 5.50 Å². The molecule has 0 aromatic heterocycles. The van der Waals surface area contributed by atoms with Gasteiger partial charge in [0.05, 0.1) is 13.2 Å². The van der Waals surface area contributed by atoms with E-state index in [2.05, 4.69) is 13.8 Å². The van der Waals surface area contributed by atoms with E-state index >= 15 is 0 Å². The van der Waals surface area contributed by atoms with E-state index in [1.54, 1.807) is 27.7 Å². The number of hydrogen-bond donors (Lipinski definition) is 0. The third-order valence-electron chi connectivity index (χ3n) is 5.43. The minimum atomic E-state index is -4.54. The highest BCUT2D eigenvalue weighted by molar-refractivity contribution is 7.50. The molecule has 0 aliphatic rings. The lowest BCUT2D eigenvalue weighted by molar-refractivity contribution is -0.122. The highest BCUT2D eigenvalue weighted by Gasteiger charge is 2.36. The van der Waals surface area contributed by atoms with Crippen LogP contribution in [-0.4, -0.2) is 38.1 Å². The van der Waals surface area contributed by atoms with Gasteiger partial charge in [0.2, 0.25) is 12.6 Å². The molecule has 0 fully saturated rings. The summed E-state index contributed by atoms with van der Waals surface area (Å²) < 4.78 is 43.5. The maximum absolute atomic E-state index is 12.7. The number of ether oxygens (including phenoxy) is 4. The Kier molecular flexibility index (Phi) is 20.8. The topological polar surface area (TPSA) is 130 Å². The molecular weight excluding hydrogens is 501 g/mol. The SMILES string of the molecule is CCCCCCCCOC(=O)OC(OP([NH])(=O)OC(OC(=O)OCCCCCCCC)C(C)C)C(C)C. The van der Waals surface area contributed by atoms with Crippen LogP contribution in [0.15, 0.2) is 0 Å². The van der Waals surface area contributed by atoms with E-state index in [9.17, 15) is 14.2 Å². The fraction of sp³-hybridized carbons (Fsp3) is 0.923. The number of carbonyl (C=O) groups is 2. The van der Waals surface area contributed by atoms with Gasteiger partial charge in [0.15, 0.2) is 0 Å². The van der Waals surface area contributed by atoms with Gasteiger partial charge in [0.1, 0.15) is 0 Å². The van der Waals surface area contributed by atoms with Crippen molar-refractivity contribution in [2.24, 2.45) is 11.8 Å². The highest BCUT2D eigenvalue weighted by atomic mass is 31.2.